The van der Waals surface area contributed by atoms with E-state index in [4.69, 9.17) is 0 Å². The van der Waals surface area contributed by atoms with Crippen molar-refractivity contribution in [3.63, 3.8) is 0 Å². The molecule has 0 heterocycles. The number of rotatable bonds is 2. The second-order valence-corrected chi connectivity index (χ2v) is 5.16. The maximum Gasteiger partial charge on any atom is 0.162 e. The Hall–Kier alpha value is -0.960. The van der Waals surface area contributed by atoms with Crippen molar-refractivity contribution in [3.8, 4) is 0 Å². The fourth-order valence-electron chi connectivity index (χ4n) is 2.69. The van der Waals surface area contributed by atoms with Crippen molar-refractivity contribution in [3.05, 3.63) is 35.4 Å². The molecule has 17 heavy (non-hydrogen) atoms. The van der Waals surface area contributed by atoms with Crippen molar-refractivity contribution in [1.29, 1.82) is 0 Å². The lowest BCUT2D eigenvalue weighted by Gasteiger charge is -2.31. The van der Waals surface area contributed by atoms with E-state index in [1.165, 1.54) is 6.07 Å². The number of hydrogen-bond acceptors (Lipinski definition) is 1. The lowest BCUT2D eigenvalue weighted by Crippen LogP contribution is -2.30. The highest BCUT2D eigenvalue weighted by atomic mass is 19.2. The molecule has 1 saturated carbocycles. The van der Waals surface area contributed by atoms with Crippen LogP contribution >= 0.6 is 0 Å². The Labute approximate surface area is 100 Å². The molecule has 2 rings (SSSR count). The average Bonchev–Trinajstić information content (AvgIpc) is 2.30. The summed E-state index contributed by atoms with van der Waals surface area (Å²) in [6, 6.07) is 4.25. The monoisotopic (exact) mass is 240 g/mol. The highest BCUT2D eigenvalue weighted by Gasteiger charge is 2.28. The molecule has 0 bridgehead atoms. The summed E-state index contributed by atoms with van der Waals surface area (Å²) in [5, 5.41) is 9.89. The molecule has 94 valence electrons. The molecule has 1 aliphatic carbocycles. The van der Waals surface area contributed by atoms with E-state index in [9.17, 15) is 13.9 Å². The van der Waals surface area contributed by atoms with Crippen molar-refractivity contribution < 1.29 is 13.9 Å². The molecule has 3 unspecified atom stereocenters. The van der Waals surface area contributed by atoms with Crippen LogP contribution in [0.4, 0.5) is 8.78 Å². The van der Waals surface area contributed by atoms with E-state index < -0.39 is 11.6 Å². The van der Waals surface area contributed by atoms with Crippen LogP contribution in [0, 0.1) is 23.5 Å². The summed E-state index contributed by atoms with van der Waals surface area (Å²) >= 11 is 0. The highest BCUT2D eigenvalue weighted by Crippen LogP contribution is 2.32. The average molecular weight is 240 g/mol. The lowest BCUT2D eigenvalue weighted by molar-refractivity contribution is 0.0515. The van der Waals surface area contributed by atoms with E-state index in [0.29, 0.717) is 17.9 Å². The molecule has 0 spiro atoms. The van der Waals surface area contributed by atoms with E-state index in [-0.39, 0.29) is 12.0 Å². The van der Waals surface area contributed by atoms with Crippen LogP contribution in [0.3, 0.4) is 0 Å². The van der Waals surface area contributed by atoms with Crippen LogP contribution in [0.5, 0.6) is 0 Å². The minimum atomic E-state index is -0.805. The molecule has 1 aromatic carbocycles. The summed E-state index contributed by atoms with van der Waals surface area (Å²) in [5.74, 6) is -0.964. The Kier molecular flexibility index (Phi) is 3.77. The Morgan fingerprint density at radius 1 is 1.29 bits per heavy atom. The smallest absolute Gasteiger partial charge is 0.162 e. The van der Waals surface area contributed by atoms with Crippen LogP contribution in [0.25, 0.3) is 0 Å². The third-order valence-corrected chi connectivity index (χ3v) is 3.72. The topological polar surface area (TPSA) is 20.2 Å². The molecule has 3 atom stereocenters. The van der Waals surface area contributed by atoms with Gasteiger partial charge in [0.2, 0.25) is 0 Å². The number of halogens is 2. The Morgan fingerprint density at radius 2 is 2.06 bits per heavy atom. The molecule has 0 aliphatic heterocycles. The Balaban J connectivity index is 2.11. The maximum atomic E-state index is 13.5. The quantitative estimate of drug-likeness (QED) is 0.841. The maximum absolute atomic E-state index is 13.5. The van der Waals surface area contributed by atoms with Crippen LogP contribution in [0.1, 0.15) is 31.7 Å². The largest absolute Gasteiger partial charge is 0.393 e. The number of aliphatic hydroxyl groups excluding tert-OH is 1. The van der Waals surface area contributed by atoms with Crippen molar-refractivity contribution in [2.75, 3.05) is 0 Å². The molecule has 1 aliphatic rings. The van der Waals surface area contributed by atoms with Gasteiger partial charge in [-0.3, -0.25) is 0 Å². The van der Waals surface area contributed by atoms with Gasteiger partial charge in [-0.1, -0.05) is 19.1 Å². The molecule has 1 aromatic rings. The van der Waals surface area contributed by atoms with Gasteiger partial charge in [0.05, 0.1) is 6.10 Å². The predicted molar refractivity (Wildman–Crippen MR) is 62.6 cm³/mol. The van der Waals surface area contributed by atoms with Crippen molar-refractivity contribution in [2.24, 2.45) is 11.8 Å². The third kappa shape index (κ3) is 2.83. The fraction of sp³-hybridized carbons (Fsp3) is 0.571. The van der Waals surface area contributed by atoms with Gasteiger partial charge in [0, 0.05) is 0 Å². The first-order valence-electron chi connectivity index (χ1n) is 6.19. The number of benzene rings is 1. The van der Waals surface area contributed by atoms with Crippen molar-refractivity contribution in [2.45, 2.75) is 38.7 Å². The first kappa shape index (κ1) is 12.5. The lowest BCUT2D eigenvalue weighted by atomic mass is 9.77. The van der Waals surface area contributed by atoms with Crippen LogP contribution in [-0.2, 0) is 6.42 Å². The van der Waals surface area contributed by atoms with Gasteiger partial charge in [-0.2, -0.15) is 0 Å². The Bertz CT molecular complexity index is 392. The number of hydrogen-bond donors (Lipinski definition) is 1. The minimum Gasteiger partial charge on any atom is -0.393 e. The molecule has 0 saturated heterocycles. The van der Waals surface area contributed by atoms with E-state index in [0.717, 1.165) is 25.3 Å². The van der Waals surface area contributed by atoms with Gasteiger partial charge in [-0.15, -0.1) is 0 Å². The SMILES string of the molecule is CC1CCC(O)C(Cc2cccc(F)c2F)C1. The Morgan fingerprint density at radius 3 is 2.82 bits per heavy atom. The van der Waals surface area contributed by atoms with Gasteiger partial charge in [-0.05, 0) is 49.1 Å². The molecule has 1 nitrogen and oxygen atoms in total. The van der Waals surface area contributed by atoms with Crippen LogP contribution in [-0.4, -0.2) is 11.2 Å². The molecular weight excluding hydrogens is 222 g/mol. The normalized spacial score (nSPS) is 29.3. The summed E-state index contributed by atoms with van der Waals surface area (Å²) in [6.45, 7) is 2.14. The van der Waals surface area contributed by atoms with Gasteiger partial charge in [-0.25, -0.2) is 8.78 Å². The van der Waals surface area contributed by atoms with E-state index >= 15 is 0 Å². The van der Waals surface area contributed by atoms with Gasteiger partial charge in [0.1, 0.15) is 0 Å². The predicted octanol–water partition coefficient (Wildman–Crippen LogP) is 3.30. The summed E-state index contributed by atoms with van der Waals surface area (Å²) in [7, 11) is 0. The first-order valence-corrected chi connectivity index (χ1v) is 6.19. The zero-order chi connectivity index (χ0) is 12.4. The molecular formula is C14H18F2O. The van der Waals surface area contributed by atoms with E-state index in [1.807, 2.05) is 0 Å². The van der Waals surface area contributed by atoms with Gasteiger partial charge < -0.3 is 5.11 Å². The summed E-state index contributed by atoms with van der Waals surface area (Å²) < 4.78 is 26.6. The third-order valence-electron chi connectivity index (χ3n) is 3.72. The summed E-state index contributed by atoms with van der Waals surface area (Å²) in [5.41, 5.74) is 0.378. The standard InChI is InChI=1S/C14H18F2O/c1-9-5-6-13(17)11(7-9)8-10-3-2-4-12(15)14(10)16/h2-4,9,11,13,17H,5-8H2,1H3. The van der Waals surface area contributed by atoms with Gasteiger partial charge in [0.15, 0.2) is 11.6 Å². The molecule has 0 radical (unpaired) electrons. The first-order chi connectivity index (χ1) is 8.08. The molecule has 0 amide bonds. The molecule has 0 aromatic heterocycles. The van der Waals surface area contributed by atoms with Gasteiger partial charge >= 0.3 is 0 Å². The summed E-state index contributed by atoms with van der Waals surface area (Å²) in [6.07, 6.45) is 2.71. The van der Waals surface area contributed by atoms with Crippen LogP contribution in [0.15, 0.2) is 18.2 Å². The second-order valence-electron chi connectivity index (χ2n) is 5.16. The second kappa shape index (κ2) is 5.13. The van der Waals surface area contributed by atoms with Crippen molar-refractivity contribution in [1.82, 2.24) is 0 Å². The van der Waals surface area contributed by atoms with Crippen LogP contribution < -0.4 is 0 Å². The number of aliphatic hydroxyl groups is 1. The van der Waals surface area contributed by atoms with Gasteiger partial charge in [0.25, 0.3) is 0 Å². The summed E-state index contributed by atoms with van der Waals surface area (Å²) in [4.78, 5) is 0. The fourth-order valence-corrected chi connectivity index (χ4v) is 2.69. The minimum absolute atomic E-state index is 0.0510. The molecule has 1 fully saturated rings. The van der Waals surface area contributed by atoms with E-state index in [2.05, 4.69) is 6.92 Å². The van der Waals surface area contributed by atoms with Crippen molar-refractivity contribution >= 4 is 0 Å². The van der Waals surface area contributed by atoms with E-state index in [1.54, 1.807) is 6.07 Å². The zero-order valence-corrected chi connectivity index (χ0v) is 10.00. The highest BCUT2D eigenvalue weighted by molar-refractivity contribution is 5.19. The van der Waals surface area contributed by atoms with Crippen LogP contribution in [0.2, 0.25) is 0 Å². The molecule has 1 N–H and O–H groups in total. The molecule has 3 heteroatoms. The zero-order valence-electron chi connectivity index (χ0n) is 10.00.